The fourth-order valence-corrected chi connectivity index (χ4v) is 9.79. The molecule has 0 radical (unpaired) electrons. The predicted molar refractivity (Wildman–Crippen MR) is 357 cm³/mol. The lowest BCUT2D eigenvalue weighted by Crippen LogP contribution is -2.44. The first-order valence-electron chi connectivity index (χ1n) is 34.9. The Balaban J connectivity index is 4.16. The van der Waals surface area contributed by atoms with Crippen LogP contribution in [0, 0.1) is 0 Å². The lowest BCUT2D eigenvalue weighted by Gasteiger charge is -2.26. The number of nitrogens with zero attached hydrogens (tertiary/aromatic N) is 1. The Labute approximate surface area is 518 Å². The van der Waals surface area contributed by atoms with E-state index < -0.39 is 24.3 Å². The summed E-state index contributed by atoms with van der Waals surface area (Å²) in [6.07, 6.45) is 86.3. The number of carboxylic acids is 1. The van der Waals surface area contributed by atoms with Gasteiger partial charge in [0, 0.05) is 12.8 Å². The largest absolute Gasteiger partial charge is 0.545 e. The van der Waals surface area contributed by atoms with Crippen molar-refractivity contribution >= 4 is 17.9 Å². The van der Waals surface area contributed by atoms with Gasteiger partial charge in [-0.25, -0.2) is 0 Å². The molecule has 2 unspecified atom stereocenters. The van der Waals surface area contributed by atoms with Crippen molar-refractivity contribution < 1.29 is 42.9 Å². The molecule has 0 aromatic carbocycles. The number of hydrogen-bond acceptors (Lipinski definition) is 8. The molecule has 2 atom stereocenters. The van der Waals surface area contributed by atoms with E-state index in [2.05, 4.69) is 111 Å². The van der Waals surface area contributed by atoms with Gasteiger partial charge in [-0.05, 0) is 77.0 Å². The maximum Gasteiger partial charge on any atom is 0.306 e. The summed E-state index contributed by atoms with van der Waals surface area (Å²) in [6, 6.07) is 0. The van der Waals surface area contributed by atoms with Gasteiger partial charge in [0.05, 0.1) is 40.3 Å². The summed E-state index contributed by atoms with van der Waals surface area (Å²) in [5.74, 6) is -2.29. The number of rotatable bonds is 64. The summed E-state index contributed by atoms with van der Waals surface area (Å²) in [5, 5.41) is 11.8. The van der Waals surface area contributed by atoms with Crippen LogP contribution in [0.2, 0.25) is 0 Å². The molecule has 9 nitrogen and oxygen atoms in total. The zero-order valence-corrected chi connectivity index (χ0v) is 55.3. The number of carbonyl (C=O) groups excluding carboxylic acids is 3. The second-order valence-electron chi connectivity index (χ2n) is 24.4. The molecule has 0 saturated carbocycles. The van der Waals surface area contributed by atoms with Crippen LogP contribution in [0.5, 0.6) is 0 Å². The molecule has 0 saturated heterocycles. The molecule has 0 rings (SSSR count). The van der Waals surface area contributed by atoms with E-state index in [9.17, 15) is 19.5 Å². The maximum atomic E-state index is 12.9. The van der Waals surface area contributed by atoms with Crippen molar-refractivity contribution in [1.29, 1.82) is 0 Å². The van der Waals surface area contributed by atoms with E-state index in [1.54, 1.807) is 0 Å². The zero-order valence-electron chi connectivity index (χ0n) is 55.3. The summed E-state index contributed by atoms with van der Waals surface area (Å²) in [5.41, 5.74) is 0. The quantitative estimate of drug-likeness (QED) is 0.0195. The lowest BCUT2D eigenvalue weighted by atomic mass is 10.0. The number of esters is 2. The molecule has 0 aromatic heterocycles. The standard InChI is InChI=1S/C75H131NO8/c1-6-8-10-12-14-16-18-20-22-24-26-28-30-32-34-35-36-37-38-39-40-42-44-46-48-50-52-54-56-58-60-62-64-66-73(78)84-71(70-83-75(74(79)80)81-68-67-76(3,4)5)69-82-72(77)65-63-61-59-57-55-53-51-49-47-45-43-41-33-31-29-27-25-23-21-19-17-15-13-11-9-7-2/h8,10,14,16,20,22,26,28,32,34,36-37,39-40,44,46,71,75H,6-7,9,11-13,15,17-19,21,23-25,27,29-31,33,35,38,41-43,45,47-70H2,1-5H3/b10-8-,16-14-,22-20-,28-26-,34-32-,37-36-,40-39-,46-44-. The summed E-state index contributed by atoms with van der Waals surface area (Å²) in [7, 11) is 5.93. The Morgan fingerprint density at radius 1 is 0.369 bits per heavy atom. The molecule has 0 aromatic rings. The highest BCUT2D eigenvalue weighted by atomic mass is 16.7. The summed E-state index contributed by atoms with van der Waals surface area (Å²) < 4.78 is 22.8. The molecule has 0 aliphatic heterocycles. The Kier molecular flexibility index (Phi) is 62.2. The molecule has 84 heavy (non-hydrogen) atoms. The molecule has 0 N–H and O–H groups in total. The first-order valence-corrected chi connectivity index (χ1v) is 34.9. The molecule has 0 amide bonds. The summed E-state index contributed by atoms with van der Waals surface area (Å²) in [6.45, 7) is 4.66. The van der Waals surface area contributed by atoms with Crippen molar-refractivity contribution in [2.45, 2.75) is 315 Å². The van der Waals surface area contributed by atoms with Crippen LogP contribution in [-0.2, 0) is 33.3 Å². The average molecular weight is 1170 g/mol. The van der Waals surface area contributed by atoms with Crippen LogP contribution in [0.3, 0.4) is 0 Å². The van der Waals surface area contributed by atoms with E-state index in [0.29, 0.717) is 23.9 Å². The van der Waals surface area contributed by atoms with Gasteiger partial charge in [0.1, 0.15) is 13.2 Å². The third-order valence-electron chi connectivity index (χ3n) is 15.1. The van der Waals surface area contributed by atoms with Crippen LogP contribution in [0.1, 0.15) is 303 Å². The molecular formula is C75H131NO8. The van der Waals surface area contributed by atoms with Gasteiger partial charge in [0.2, 0.25) is 0 Å². The van der Waals surface area contributed by atoms with E-state index in [0.717, 1.165) is 96.3 Å². The third-order valence-corrected chi connectivity index (χ3v) is 15.1. The smallest absolute Gasteiger partial charge is 0.306 e. The van der Waals surface area contributed by atoms with Crippen LogP contribution in [-0.4, -0.2) is 82.3 Å². The fourth-order valence-electron chi connectivity index (χ4n) is 9.79. The normalized spacial score (nSPS) is 13.3. The van der Waals surface area contributed by atoms with Gasteiger partial charge < -0.3 is 33.3 Å². The maximum absolute atomic E-state index is 12.9. The van der Waals surface area contributed by atoms with E-state index in [-0.39, 0.29) is 32.2 Å². The van der Waals surface area contributed by atoms with Crippen LogP contribution in [0.25, 0.3) is 0 Å². The number of carbonyl (C=O) groups is 3. The molecule has 0 aliphatic rings. The van der Waals surface area contributed by atoms with Gasteiger partial charge in [-0.2, -0.15) is 0 Å². The molecule has 0 bridgehead atoms. The van der Waals surface area contributed by atoms with Crippen LogP contribution < -0.4 is 5.11 Å². The molecular weight excluding hydrogens is 1040 g/mol. The van der Waals surface area contributed by atoms with Crippen molar-refractivity contribution in [3.63, 3.8) is 0 Å². The van der Waals surface area contributed by atoms with Crippen molar-refractivity contribution in [3.05, 3.63) is 97.2 Å². The van der Waals surface area contributed by atoms with Gasteiger partial charge >= 0.3 is 11.9 Å². The summed E-state index contributed by atoms with van der Waals surface area (Å²) >= 11 is 0. The minimum absolute atomic E-state index is 0.143. The van der Waals surface area contributed by atoms with Gasteiger partial charge in [-0.15, -0.1) is 0 Å². The molecule has 0 spiro atoms. The van der Waals surface area contributed by atoms with Crippen molar-refractivity contribution in [3.8, 4) is 0 Å². The van der Waals surface area contributed by atoms with Crippen molar-refractivity contribution in [2.24, 2.45) is 0 Å². The van der Waals surface area contributed by atoms with E-state index in [1.165, 1.54) is 173 Å². The molecule has 0 aliphatic carbocycles. The van der Waals surface area contributed by atoms with Crippen LogP contribution >= 0.6 is 0 Å². The Morgan fingerprint density at radius 3 is 1.01 bits per heavy atom. The van der Waals surface area contributed by atoms with E-state index >= 15 is 0 Å². The highest BCUT2D eigenvalue weighted by molar-refractivity contribution is 5.70. The second-order valence-corrected chi connectivity index (χ2v) is 24.4. The lowest BCUT2D eigenvalue weighted by molar-refractivity contribution is -0.870. The first kappa shape index (κ1) is 80.2. The molecule has 0 fully saturated rings. The molecule has 0 heterocycles. The fraction of sp³-hybridized carbons (Fsp3) is 0.747. The predicted octanol–water partition coefficient (Wildman–Crippen LogP) is 20.3. The van der Waals surface area contributed by atoms with Gasteiger partial charge in [-0.1, -0.05) is 310 Å². The summed E-state index contributed by atoms with van der Waals surface area (Å²) in [4.78, 5) is 37.5. The number of quaternary nitrogens is 1. The number of allylic oxidation sites excluding steroid dienone is 16. The van der Waals surface area contributed by atoms with Crippen molar-refractivity contribution in [2.75, 3.05) is 47.5 Å². The number of aliphatic carboxylic acids is 1. The average Bonchev–Trinajstić information content (AvgIpc) is 3.51. The Bertz CT molecular complexity index is 1700. The number of unbranched alkanes of at least 4 members (excludes halogenated alkanes) is 33. The van der Waals surface area contributed by atoms with E-state index in [1.807, 2.05) is 21.1 Å². The van der Waals surface area contributed by atoms with E-state index in [4.69, 9.17) is 18.9 Å². The minimum Gasteiger partial charge on any atom is -0.545 e. The molecule has 9 heteroatoms. The number of likely N-dealkylation sites (N-methyl/N-ethyl adjacent to an activating group) is 1. The second kappa shape index (κ2) is 65.2. The number of hydrogen-bond donors (Lipinski definition) is 0. The Hall–Kier alpha value is -3.79. The van der Waals surface area contributed by atoms with Gasteiger partial charge in [0.15, 0.2) is 12.4 Å². The zero-order chi connectivity index (χ0) is 61.2. The highest BCUT2D eigenvalue weighted by Crippen LogP contribution is 2.18. The Morgan fingerprint density at radius 2 is 0.679 bits per heavy atom. The highest BCUT2D eigenvalue weighted by Gasteiger charge is 2.22. The van der Waals surface area contributed by atoms with Gasteiger partial charge in [0.25, 0.3) is 0 Å². The minimum atomic E-state index is -1.63. The topological polar surface area (TPSA) is 111 Å². The van der Waals surface area contributed by atoms with Crippen LogP contribution in [0.15, 0.2) is 97.2 Å². The number of ether oxygens (including phenoxy) is 4. The van der Waals surface area contributed by atoms with Crippen LogP contribution in [0.4, 0.5) is 0 Å². The van der Waals surface area contributed by atoms with Gasteiger partial charge in [-0.3, -0.25) is 9.59 Å². The monoisotopic (exact) mass is 1170 g/mol. The number of carboxylic acid groups (broad SMARTS) is 1. The first-order chi connectivity index (χ1) is 41.1. The van der Waals surface area contributed by atoms with Crippen molar-refractivity contribution in [1.82, 2.24) is 0 Å². The third kappa shape index (κ3) is 65.7. The molecule has 484 valence electrons. The SMILES string of the molecule is CC/C=C\C/C=C\C/C=C\C/C=C\C/C=C\C/C=C\C/C=C\C/C=C\CCCCCCCCCCC(=O)OC(COC(=O)CCCCCCCCCCCCCCCCCCCCCCCCCCCC)COC(OCC[N+](C)(C)C)C(=O)[O-].